The van der Waals surface area contributed by atoms with Crippen LogP contribution in [0.1, 0.15) is 35.8 Å². The first-order valence-electron chi connectivity index (χ1n) is 11.8. The van der Waals surface area contributed by atoms with Gasteiger partial charge in [-0.3, -0.25) is 9.69 Å². The molecule has 1 atom stereocenters. The van der Waals surface area contributed by atoms with Gasteiger partial charge in [-0.2, -0.15) is 0 Å². The van der Waals surface area contributed by atoms with E-state index >= 15 is 0 Å². The van der Waals surface area contributed by atoms with E-state index < -0.39 is 29.7 Å². The Balaban J connectivity index is 1.54. The lowest BCUT2D eigenvalue weighted by Crippen LogP contribution is -2.51. The van der Waals surface area contributed by atoms with Gasteiger partial charge in [0.05, 0.1) is 18.2 Å². The molecule has 2 aliphatic rings. The van der Waals surface area contributed by atoms with Crippen LogP contribution in [0.25, 0.3) is 0 Å². The number of halogens is 2. The number of rotatable bonds is 7. The number of benzene rings is 2. The molecule has 4 rings (SSSR count). The van der Waals surface area contributed by atoms with Gasteiger partial charge in [0, 0.05) is 49.7 Å². The molecule has 0 aliphatic carbocycles. The number of esters is 1. The third kappa shape index (κ3) is 5.54. The molecule has 8 nitrogen and oxygen atoms in total. The number of nitrogens with one attached hydrogen (secondary N) is 2. The Morgan fingerprint density at radius 1 is 1.03 bits per heavy atom. The summed E-state index contributed by atoms with van der Waals surface area (Å²) in [7, 11) is 0. The van der Waals surface area contributed by atoms with Crippen molar-refractivity contribution in [3.05, 3.63) is 76.5 Å². The molecule has 2 aromatic rings. The van der Waals surface area contributed by atoms with E-state index in [4.69, 9.17) is 4.74 Å². The average Bonchev–Trinajstić information content (AvgIpc) is 2.86. The van der Waals surface area contributed by atoms with Crippen molar-refractivity contribution in [2.24, 2.45) is 0 Å². The Labute approximate surface area is 207 Å². The summed E-state index contributed by atoms with van der Waals surface area (Å²) >= 11 is 0. The Kier molecular flexibility index (Phi) is 7.64. The molecule has 1 unspecified atom stereocenters. The SMILES string of the molecule is CCOC(=O)C1=C(CN2CCN(c3ccc(C(C)=O)cc3)CC2)NC(=O)NC1c1ccc(F)c(F)c1. The zero-order chi connectivity index (χ0) is 25.8. The standard InChI is InChI=1S/C26H28F2N4O4/c1-3-36-25(34)23-22(29-26(35)30-24(23)18-6-9-20(27)21(28)14-18)15-31-10-12-32(13-11-31)19-7-4-17(5-8-19)16(2)33/h4-9,14,24H,3,10-13,15H2,1-2H3,(H2,29,30,35). The number of ketones is 1. The molecule has 0 aromatic heterocycles. The van der Waals surface area contributed by atoms with Crippen molar-refractivity contribution < 1.29 is 27.9 Å². The maximum atomic E-state index is 14.0. The fraction of sp³-hybridized carbons (Fsp3) is 0.346. The number of ether oxygens (including phenoxy) is 1. The molecule has 0 saturated carbocycles. The fourth-order valence-corrected chi connectivity index (χ4v) is 4.43. The Morgan fingerprint density at radius 3 is 2.33 bits per heavy atom. The molecule has 2 heterocycles. The van der Waals surface area contributed by atoms with Crippen LogP contribution >= 0.6 is 0 Å². The third-order valence-corrected chi connectivity index (χ3v) is 6.32. The monoisotopic (exact) mass is 498 g/mol. The zero-order valence-electron chi connectivity index (χ0n) is 20.1. The van der Waals surface area contributed by atoms with Crippen molar-refractivity contribution in [3.8, 4) is 0 Å². The number of hydrogen-bond donors (Lipinski definition) is 2. The lowest BCUT2D eigenvalue weighted by atomic mass is 9.94. The second-order valence-electron chi connectivity index (χ2n) is 8.68. The van der Waals surface area contributed by atoms with Gasteiger partial charge in [0.1, 0.15) is 0 Å². The topological polar surface area (TPSA) is 91.0 Å². The molecule has 2 aromatic carbocycles. The summed E-state index contributed by atoms with van der Waals surface area (Å²) in [4.78, 5) is 41.2. The van der Waals surface area contributed by atoms with Gasteiger partial charge in [-0.1, -0.05) is 6.07 Å². The molecule has 1 fully saturated rings. The number of Topliss-reactive ketones (excluding diaryl/α,β-unsaturated/α-hetero) is 1. The third-order valence-electron chi connectivity index (χ3n) is 6.32. The first-order chi connectivity index (χ1) is 17.3. The van der Waals surface area contributed by atoms with Gasteiger partial charge >= 0.3 is 12.0 Å². The summed E-state index contributed by atoms with van der Waals surface area (Å²) in [5.41, 5.74) is 2.44. The fourth-order valence-electron chi connectivity index (χ4n) is 4.43. The number of amides is 2. The summed E-state index contributed by atoms with van der Waals surface area (Å²) < 4.78 is 32.7. The van der Waals surface area contributed by atoms with E-state index in [1.54, 1.807) is 6.92 Å². The molecule has 10 heteroatoms. The molecule has 2 N–H and O–H groups in total. The number of hydrogen-bond acceptors (Lipinski definition) is 6. The minimum Gasteiger partial charge on any atom is -0.463 e. The van der Waals surface area contributed by atoms with Crippen LogP contribution in [-0.4, -0.2) is 62.0 Å². The van der Waals surface area contributed by atoms with Crippen molar-refractivity contribution in [3.63, 3.8) is 0 Å². The molecule has 190 valence electrons. The Morgan fingerprint density at radius 2 is 1.72 bits per heavy atom. The summed E-state index contributed by atoms with van der Waals surface area (Å²) in [5.74, 6) is -2.71. The van der Waals surface area contributed by atoms with Crippen LogP contribution < -0.4 is 15.5 Å². The lowest BCUT2D eigenvalue weighted by molar-refractivity contribution is -0.139. The lowest BCUT2D eigenvalue weighted by Gasteiger charge is -2.38. The predicted molar refractivity (Wildman–Crippen MR) is 130 cm³/mol. The number of carbonyl (C=O) groups is 3. The van der Waals surface area contributed by atoms with Gasteiger partial charge < -0.3 is 20.3 Å². The van der Waals surface area contributed by atoms with Gasteiger partial charge in [-0.15, -0.1) is 0 Å². The predicted octanol–water partition coefficient (Wildman–Crippen LogP) is 3.16. The van der Waals surface area contributed by atoms with Crippen LogP contribution in [-0.2, 0) is 9.53 Å². The zero-order valence-corrected chi connectivity index (χ0v) is 20.1. The van der Waals surface area contributed by atoms with Crippen molar-refractivity contribution >= 4 is 23.5 Å². The van der Waals surface area contributed by atoms with Crippen molar-refractivity contribution in [1.82, 2.24) is 15.5 Å². The van der Waals surface area contributed by atoms with Gasteiger partial charge in [-0.25, -0.2) is 18.4 Å². The number of urea groups is 1. The minimum absolute atomic E-state index is 0.0164. The van der Waals surface area contributed by atoms with E-state index in [9.17, 15) is 23.2 Å². The van der Waals surface area contributed by atoms with Crippen molar-refractivity contribution in [2.75, 3.05) is 44.2 Å². The molecule has 2 amide bonds. The molecule has 0 radical (unpaired) electrons. The van der Waals surface area contributed by atoms with Gasteiger partial charge in [0.2, 0.25) is 0 Å². The molecular weight excluding hydrogens is 470 g/mol. The molecule has 1 saturated heterocycles. The van der Waals surface area contributed by atoms with E-state index in [0.29, 0.717) is 37.4 Å². The van der Waals surface area contributed by atoms with Crippen LogP contribution in [0.15, 0.2) is 53.7 Å². The highest BCUT2D eigenvalue weighted by atomic mass is 19.2. The number of anilines is 1. The first-order valence-corrected chi connectivity index (χ1v) is 11.8. The Hall–Kier alpha value is -3.79. The van der Waals surface area contributed by atoms with Crippen LogP contribution in [0.4, 0.5) is 19.3 Å². The van der Waals surface area contributed by atoms with Crippen LogP contribution in [0.3, 0.4) is 0 Å². The van der Waals surface area contributed by atoms with Crippen molar-refractivity contribution in [2.45, 2.75) is 19.9 Å². The molecule has 36 heavy (non-hydrogen) atoms. The minimum atomic E-state index is -1.07. The second kappa shape index (κ2) is 10.9. The molecule has 0 bridgehead atoms. The summed E-state index contributed by atoms with van der Waals surface area (Å²) in [6.07, 6.45) is 0. The van der Waals surface area contributed by atoms with E-state index in [-0.39, 0.29) is 30.1 Å². The number of piperazine rings is 1. The molecule has 2 aliphatic heterocycles. The highest BCUT2D eigenvalue weighted by Crippen LogP contribution is 2.29. The smallest absolute Gasteiger partial charge is 0.338 e. The van der Waals surface area contributed by atoms with Gasteiger partial charge in [-0.05, 0) is 55.8 Å². The normalized spacial score (nSPS) is 18.5. The highest BCUT2D eigenvalue weighted by molar-refractivity contribution is 5.95. The molecule has 0 spiro atoms. The van der Waals surface area contributed by atoms with Gasteiger partial charge in [0.25, 0.3) is 0 Å². The van der Waals surface area contributed by atoms with Crippen LogP contribution in [0.2, 0.25) is 0 Å². The Bertz CT molecular complexity index is 1190. The maximum absolute atomic E-state index is 14.0. The second-order valence-corrected chi connectivity index (χ2v) is 8.68. The van der Waals surface area contributed by atoms with Crippen molar-refractivity contribution in [1.29, 1.82) is 0 Å². The summed E-state index contributed by atoms with van der Waals surface area (Å²) in [6.45, 7) is 6.33. The van der Waals surface area contributed by atoms with E-state index in [2.05, 4.69) is 20.4 Å². The van der Waals surface area contributed by atoms with E-state index in [0.717, 1.165) is 17.8 Å². The number of carbonyl (C=O) groups excluding carboxylic acids is 3. The first kappa shape index (κ1) is 25.3. The largest absolute Gasteiger partial charge is 0.463 e. The van der Waals surface area contributed by atoms with Crippen LogP contribution in [0, 0.1) is 11.6 Å². The highest BCUT2D eigenvalue weighted by Gasteiger charge is 2.35. The number of nitrogens with zero attached hydrogens (tertiary/aromatic N) is 2. The van der Waals surface area contributed by atoms with Gasteiger partial charge in [0.15, 0.2) is 17.4 Å². The van der Waals surface area contributed by atoms with E-state index in [1.807, 2.05) is 24.3 Å². The average molecular weight is 499 g/mol. The van der Waals surface area contributed by atoms with Crippen LogP contribution in [0.5, 0.6) is 0 Å². The molecular formula is C26H28F2N4O4. The quantitative estimate of drug-likeness (QED) is 0.450. The van der Waals surface area contributed by atoms with E-state index in [1.165, 1.54) is 13.0 Å². The summed E-state index contributed by atoms with van der Waals surface area (Å²) in [5, 5.41) is 5.34. The maximum Gasteiger partial charge on any atom is 0.338 e. The summed E-state index contributed by atoms with van der Waals surface area (Å²) in [6, 6.07) is 9.21.